The molecule has 2 amide bonds. The fourth-order valence-electron chi connectivity index (χ4n) is 3.50. The molecule has 0 bridgehead atoms. The molecular formula is C19H26N2O3. The van der Waals surface area contributed by atoms with Crippen molar-refractivity contribution >= 4 is 11.8 Å². The number of piperidine rings is 1. The summed E-state index contributed by atoms with van der Waals surface area (Å²) < 4.78 is 0. The van der Waals surface area contributed by atoms with Crippen LogP contribution in [0.1, 0.15) is 56.6 Å². The molecule has 1 aromatic carbocycles. The number of rotatable bonds is 4. The number of nitrogens with zero attached hydrogens (tertiary/aromatic N) is 1. The molecule has 0 radical (unpaired) electrons. The van der Waals surface area contributed by atoms with E-state index in [2.05, 4.69) is 19.2 Å². The maximum Gasteiger partial charge on any atom is 0.224 e. The van der Waals surface area contributed by atoms with Gasteiger partial charge in [0.1, 0.15) is 5.60 Å². The predicted molar refractivity (Wildman–Crippen MR) is 91.4 cm³/mol. The van der Waals surface area contributed by atoms with Crippen molar-refractivity contribution in [2.24, 2.45) is 0 Å². The number of likely N-dealkylation sites (tertiary alicyclic amines) is 1. The highest BCUT2D eigenvalue weighted by atomic mass is 16.3. The summed E-state index contributed by atoms with van der Waals surface area (Å²) in [4.78, 5) is 25.4. The van der Waals surface area contributed by atoms with Gasteiger partial charge < -0.3 is 15.3 Å². The quantitative estimate of drug-likeness (QED) is 0.886. The van der Waals surface area contributed by atoms with Crippen LogP contribution < -0.4 is 5.32 Å². The van der Waals surface area contributed by atoms with E-state index < -0.39 is 5.60 Å². The molecule has 0 aromatic heterocycles. The molecule has 0 saturated carbocycles. The second-order valence-corrected chi connectivity index (χ2v) is 7.42. The molecule has 2 fully saturated rings. The first-order valence-electron chi connectivity index (χ1n) is 8.77. The van der Waals surface area contributed by atoms with Crippen molar-refractivity contribution in [3.05, 3.63) is 35.4 Å². The van der Waals surface area contributed by atoms with Gasteiger partial charge in [0.05, 0.1) is 13.1 Å². The summed E-state index contributed by atoms with van der Waals surface area (Å²) in [5.41, 5.74) is 1.16. The lowest BCUT2D eigenvalue weighted by molar-refractivity contribution is -0.158. The van der Waals surface area contributed by atoms with E-state index in [0.29, 0.717) is 31.8 Å². The number of β-amino-alcohol motifs (C(OH)–C–C–N with tert-alkyl or cyclic N) is 1. The van der Waals surface area contributed by atoms with Crippen LogP contribution in [0.5, 0.6) is 0 Å². The summed E-state index contributed by atoms with van der Waals surface area (Å²) in [6.07, 6.45) is 2.58. The third-order valence-corrected chi connectivity index (χ3v) is 5.11. The number of hydrogen-bond acceptors (Lipinski definition) is 3. The van der Waals surface area contributed by atoms with Crippen LogP contribution in [-0.2, 0) is 15.2 Å². The highest BCUT2D eigenvalue weighted by Crippen LogP contribution is 2.33. The van der Waals surface area contributed by atoms with Crippen LogP contribution in [0.4, 0.5) is 0 Å². The summed E-state index contributed by atoms with van der Waals surface area (Å²) in [5.74, 6) is 0.494. The van der Waals surface area contributed by atoms with Gasteiger partial charge in [0.15, 0.2) is 0 Å². The summed E-state index contributed by atoms with van der Waals surface area (Å²) in [6, 6.07) is 7.94. The first-order chi connectivity index (χ1) is 11.4. The molecule has 2 aliphatic rings. The highest BCUT2D eigenvalue weighted by Gasteiger charge is 2.45. The van der Waals surface area contributed by atoms with Gasteiger partial charge in [-0.3, -0.25) is 9.59 Å². The van der Waals surface area contributed by atoms with E-state index in [9.17, 15) is 14.7 Å². The molecule has 2 N–H and O–H groups in total. The second kappa shape index (κ2) is 6.55. The molecule has 2 saturated heterocycles. The minimum Gasteiger partial charge on any atom is -0.381 e. The fraction of sp³-hybridized carbons (Fsp3) is 0.579. The molecule has 2 heterocycles. The zero-order valence-electron chi connectivity index (χ0n) is 14.4. The molecule has 1 unspecified atom stereocenters. The molecule has 1 atom stereocenters. The van der Waals surface area contributed by atoms with E-state index in [-0.39, 0.29) is 17.9 Å². The Bertz CT molecular complexity index is 618. The lowest BCUT2D eigenvalue weighted by Gasteiger charge is -2.47. The van der Waals surface area contributed by atoms with E-state index >= 15 is 0 Å². The molecule has 2 aliphatic heterocycles. The van der Waals surface area contributed by atoms with Crippen molar-refractivity contribution in [2.45, 2.75) is 57.1 Å². The van der Waals surface area contributed by atoms with Crippen molar-refractivity contribution in [2.75, 3.05) is 13.1 Å². The largest absolute Gasteiger partial charge is 0.381 e. The first-order valence-corrected chi connectivity index (χ1v) is 8.77. The second-order valence-electron chi connectivity index (χ2n) is 7.42. The predicted octanol–water partition coefficient (Wildman–Crippen LogP) is 1.90. The summed E-state index contributed by atoms with van der Waals surface area (Å²) >= 11 is 0. The van der Waals surface area contributed by atoms with Gasteiger partial charge in [-0.15, -0.1) is 0 Å². The van der Waals surface area contributed by atoms with Crippen molar-refractivity contribution in [3.8, 4) is 0 Å². The Morgan fingerprint density at radius 2 is 2.00 bits per heavy atom. The molecular weight excluding hydrogens is 304 g/mol. The Balaban J connectivity index is 1.55. The van der Waals surface area contributed by atoms with Crippen LogP contribution in [0.25, 0.3) is 0 Å². The molecule has 0 spiro atoms. The molecule has 3 rings (SSSR count). The van der Waals surface area contributed by atoms with E-state index in [0.717, 1.165) is 18.4 Å². The number of hydrogen-bond donors (Lipinski definition) is 2. The monoisotopic (exact) mass is 330 g/mol. The normalized spacial score (nSPS) is 22.9. The zero-order chi connectivity index (χ0) is 17.3. The zero-order valence-corrected chi connectivity index (χ0v) is 14.4. The Morgan fingerprint density at radius 3 is 2.58 bits per heavy atom. The van der Waals surface area contributed by atoms with Gasteiger partial charge in [0.25, 0.3) is 0 Å². The average Bonchev–Trinajstić information content (AvgIpc) is 2.52. The van der Waals surface area contributed by atoms with Gasteiger partial charge in [-0.1, -0.05) is 38.1 Å². The molecule has 24 heavy (non-hydrogen) atoms. The Kier molecular flexibility index (Phi) is 4.63. The maximum atomic E-state index is 12.3. The molecule has 0 aliphatic carbocycles. The number of carbonyl (C=O) groups excluding carboxylic acids is 2. The van der Waals surface area contributed by atoms with Crippen LogP contribution >= 0.6 is 0 Å². The van der Waals surface area contributed by atoms with Gasteiger partial charge >= 0.3 is 0 Å². The Hall–Kier alpha value is -1.88. The van der Waals surface area contributed by atoms with E-state index in [1.807, 2.05) is 24.3 Å². The highest BCUT2D eigenvalue weighted by molar-refractivity contribution is 5.81. The molecule has 5 nitrogen and oxygen atoms in total. The minimum absolute atomic E-state index is 0.00526. The SMILES string of the molecule is CC(C)c1ccc(C2(O)CN(C(=O)CC3CCCC(=O)N3)C2)cc1. The Labute approximate surface area is 143 Å². The smallest absolute Gasteiger partial charge is 0.224 e. The van der Waals surface area contributed by atoms with Crippen molar-refractivity contribution in [3.63, 3.8) is 0 Å². The van der Waals surface area contributed by atoms with Gasteiger partial charge in [0.2, 0.25) is 11.8 Å². The molecule has 5 heteroatoms. The Morgan fingerprint density at radius 1 is 1.33 bits per heavy atom. The van der Waals surface area contributed by atoms with Gasteiger partial charge in [-0.25, -0.2) is 0 Å². The van der Waals surface area contributed by atoms with E-state index in [1.165, 1.54) is 5.56 Å². The number of carbonyl (C=O) groups is 2. The van der Waals surface area contributed by atoms with Crippen LogP contribution in [0.3, 0.4) is 0 Å². The third kappa shape index (κ3) is 3.46. The summed E-state index contributed by atoms with van der Waals surface area (Å²) in [7, 11) is 0. The van der Waals surface area contributed by atoms with E-state index in [1.54, 1.807) is 4.90 Å². The third-order valence-electron chi connectivity index (χ3n) is 5.11. The summed E-state index contributed by atoms with van der Waals surface area (Å²) in [6.45, 7) is 4.93. The number of amides is 2. The van der Waals surface area contributed by atoms with Crippen molar-refractivity contribution < 1.29 is 14.7 Å². The molecule has 1 aromatic rings. The first kappa shape index (κ1) is 17.0. The molecule has 130 valence electrons. The number of aliphatic hydroxyl groups is 1. The fourth-order valence-corrected chi connectivity index (χ4v) is 3.50. The van der Waals surface area contributed by atoms with Crippen LogP contribution in [0.2, 0.25) is 0 Å². The van der Waals surface area contributed by atoms with Gasteiger partial charge in [-0.05, 0) is 29.9 Å². The van der Waals surface area contributed by atoms with E-state index in [4.69, 9.17) is 0 Å². The minimum atomic E-state index is -0.943. The van der Waals surface area contributed by atoms with Crippen molar-refractivity contribution in [1.29, 1.82) is 0 Å². The standard InChI is InChI=1S/C19H26N2O3/c1-13(2)14-6-8-15(9-7-14)19(24)11-21(12-19)18(23)10-16-4-3-5-17(22)20-16/h6-9,13,16,24H,3-5,10-12H2,1-2H3,(H,20,22). The van der Waals surface area contributed by atoms with Crippen molar-refractivity contribution in [1.82, 2.24) is 10.2 Å². The van der Waals surface area contributed by atoms with Crippen LogP contribution in [0.15, 0.2) is 24.3 Å². The topological polar surface area (TPSA) is 69.6 Å². The van der Waals surface area contributed by atoms with Gasteiger partial charge in [-0.2, -0.15) is 0 Å². The maximum absolute atomic E-state index is 12.3. The van der Waals surface area contributed by atoms with Crippen LogP contribution in [-0.4, -0.2) is 41.0 Å². The summed E-state index contributed by atoms with van der Waals surface area (Å²) in [5, 5.41) is 13.6. The number of nitrogens with one attached hydrogen (secondary N) is 1. The van der Waals surface area contributed by atoms with Crippen LogP contribution in [0, 0.1) is 0 Å². The average molecular weight is 330 g/mol. The lowest BCUT2D eigenvalue weighted by atomic mass is 9.84. The lowest BCUT2D eigenvalue weighted by Crippen LogP contribution is -2.62. The number of benzene rings is 1. The van der Waals surface area contributed by atoms with Gasteiger partial charge in [0, 0.05) is 18.9 Å².